The van der Waals surface area contributed by atoms with Crippen molar-refractivity contribution in [2.75, 3.05) is 44.2 Å². The second kappa shape index (κ2) is 11.5. The van der Waals surface area contributed by atoms with Gasteiger partial charge in [-0.1, -0.05) is 5.16 Å². The summed E-state index contributed by atoms with van der Waals surface area (Å²) in [6.07, 6.45) is -0.231. The van der Waals surface area contributed by atoms with Crippen molar-refractivity contribution in [1.29, 1.82) is 0 Å². The Labute approximate surface area is 234 Å². The summed E-state index contributed by atoms with van der Waals surface area (Å²) in [5.41, 5.74) is 2.98. The molecule has 6 rings (SSSR count). The van der Waals surface area contributed by atoms with Crippen LogP contribution < -0.4 is 9.64 Å². The van der Waals surface area contributed by atoms with Crippen LogP contribution in [0.2, 0.25) is 0 Å². The van der Waals surface area contributed by atoms with Gasteiger partial charge in [-0.2, -0.15) is 10.1 Å². The fourth-order valence-electron chi connectivity index (χ4n) is 5.17. The van der Waals surface area contributed by atoms with Gasteiger partial charge in [0.05, 0.1) is 12.6 Å². The van der Waals surface area contributed by atoms with E-state index in [0.29, 0.717) is 23.9 Å². The van der Waals surface area contributed by atoms with Gasteiger partial charge in [-0.3, -0.25) is 9.58 Å². The molecule has 3 aromatic heterocycles. The maximum atomic E-state index is 12.4. The molecule has 0 saturated carbocycles. The fraction of sp³-hybridized carbons (Fsp3) is 0.429. The third-order valence-corrected chi connectivity index (χ3v) is 7.30. The molecule has 1 aromatic carbocycles. The van der Waals surface area contributed by atoms with E-state index in [1.165, 1.54) is 24.3 Å². The van der Waals surface area contributed by atoms with Gasteiger partial charge >= 0.3 is 6.36 Å². The quantitative estimate of drug-likeness (QED) is 0.303. The monoisotopic (exact) mass is 569 g/mol. The van der Waals surface area contributed by atoms with Gasteiger partial charge in [-0.15, -0.1) is 13.2 Å². The first-order chi connectivity index (χ1) is 19.8. The largest absolute Gasteiger partial charge is 0.573 e. The lowest BCUT2D eigenvalue weighted by molar-refractivity contribution is -0.274. The number of rotatable bonds is 8. The molecule has 10 nitrogen and oxygen atoms in total. The van der Waals surface area contributed by atoms with E-state index in [4.69, 9.17) is 9.26 Å². The molecule has 0 N–H and O–H groups in total. The summed E-state index contributed by atoms with van der Waals surface area (Å²) in [6.45, 7) is 8.21. The van der Waals surface area contributed by atoms with Crippen LogP contribution in [0.1, 0.15) is 24.1 Å². The smallest absolute Gasteiger partial charge is 0.406 e. The molecular formula is C28H30F3N7O3. The second-order valence-corrected chi connectivity index (χ2v) is 10.3. The van der Waals surface area contributed by atoms with Crippen molar-refractivity contribution in [3.63, 3.8) is 0 Å². The summed E-state index contributed by atoms with van der Waals surface area (Å²) in [4.78, 5) is 13.8. The Hall–Kier alpha value is -3.97. The lowest BCUT2D eigenvalue weighted by atomic mass is 10.2. The van der Waals surface area contributed by atoms with Crippen molar-refractivity contribution >= 4 is 5.82 Å². The number of pyridine rings is 1. The van der Waals surface area contributed by atoms with Crippen molar-refractivity contribution in [1.82, 2.24) is 29.8 Å². The van der Waals surface area contributed by atoms with Gasteiger partial charge in [-0.25, -0.2) is 4.98 Å². The molecule has 1 atom stereocenters. The number of benzene rings is 1. The highest BCUT2D eigenvalue weighted by molar-refractivity contribution is 5.59. The van der Waals surface area contributed by atoms with Crippen molar-refractivity contribution in [2.45, 2.75) is 38.8 Å². The number of piperazine rings is 1. The summed E-state index contributed by atoms with van der Waals surface area (Å²) in [7, 11) is 0. The number of hydrogen-bond donors (Lipinski definition) is 0. The number of hydrogen-bond acceptors (Lipinski definition) is 9. The topological polar surface area (TPSA) is 94.6 Å². The van der Waals surface area contributed by atoms with Crippen LogP contribution >= 0.6 is 0 Å². The number of anilines is 1. The maximum absolute atomic E-state index is 12.4. The van der Waals surface area contributed by atoms with Crippen molar-refractivity contribution in [2.24, 2.45) is 0 Å². The van der Waals surface area contributed by atoms with Crippen LogP contribution in [-0.4, -0.2) is 81.6 Å². The van der Waals surface area contributed by atoms with Crippen molar-refractivity contribution in [3.05, 3.63) is 59.9 Å². The van der Waals surface area contributed by atoms with Gasteiger partial charge in [0, 0.05) is 56.8 Å². The Morgan fingerprint density at radius 1 is 1.05 bits per heavy atom. The molecule has 2 fully saturated rings. The number of ether oxygens (including phenoxy) is 2. The predicted molar refractivity (Wildman–Crippen MR) is 143 cm³/mol. The predicted octanol–water partition coefficient (Wildman–Crippen LogP) is 4.55. The Kier molecular flexibility index (Phi) is 7.63. The average Bonchev–Trinajstić information content (AvgIpc) is 3.71. The molecule has 2 aliphatic heterocycles. The van der Waals surface area contributed by atoms with Gasteiger partial charge in [0.2, 0.25) is 5.82 Å². The summed E-state index contributed by atoms with van der Waals surface area (Å²) in [5.74, 6) is 1.09. The van der Waals surface area contributed by atoms with Crippen molar-refractivity contribution < 1.29 is 27.2 Å². The number of nitrogens with zero attached hydrogens (tertiary/aromatic N) is 7. The van der Waals surface area contributed by atoms with E-state index in [-0.39, 0.29) is 17.5 Å². The first kappa shape index (κ1) is 27.2. The zero-order valence-electron chi connectivity index (χ0n) is 22.5. The van der Waals surface area contributed by atoms with Crippen molar-refractivity contribution in [3.8, 4) is 28.7 Å². The Morgan fingerprint density at radius 3 is 2.59 bits per heavy atom. The van der Waals surface area contributed by atoms with Gasteiger partial charge in [0.15, 0.2) is 5.69 Å². The van der Waals surface area contributed by atoms with Crippen LogP contribution in [0.4, 0.5) is 19.0 Å². The molecular weight excluding hydrogens is 539 g/mol. The molecule has 1 unspecified atom stereocenters. The number of alkyl halides is 3. The van der Waals surface area contributed by atoms with Gasteiger partial charge < -0.3 is 18.9 Å². The highest BCUT2D eigenvalue weighted by atomic mass is 19.4. The fourth-order valence-corrected chi connectivity index (χ4v) is 5.17. The summed E-state index contributed by atoms with van der Waals surface area (Å²) in [6, 6.07) is 11.2. The summed E-state index contributed by atoms with van der Waals surface area (Å²) >= 11 is 0. The lowest BCUT2D eigenvalue weighted by Gasteiger charge is -2.36. The molecule has 2 aliphatic rings. The molecule has 4 aromatic rings. The van der Waals surface area contributed by atoms with Crippen LogP contribution in [-0.2, 0) is 11.3 Å². The van der Waals surface area contributed by atoms with E-state index in [2.05, 4.69) is 40.8 Å². The Bertz CT molecular complexity index is 1460. The first-order valence-electron chi connectivity index (χ1n) is 13.6. The molecule has 0 bridgehead atoms. The minimum atomic E-state index is -4.75. The number of aromatic nitrogens is 5. The van der Waals surface area contributed by atoms with Crippen LogP contribution in [0.15, 0.2) is 53.2 Å². The maximum Gasteiger partial charge on any atom is 0.573 e. The number of aryl methyl sites for hydroxylation is 1. The normalized spacial score (nSPS) is 18.2. The molecule has 0 aliphatic carbocycles. The highest BCUT2D eigenvalue weighted by Gasteiger charge is 2.31. The zero-order valence-corrected chi connectivity index (χ0v) is 22.5. The average molecular weight is 570 g/mol. The molecule has 216 valence electrons. The Morgan fingerprint density at radius 2 is 1.85 bits per heavy atom. The zero-order chi connectivity index (χ0) is 28.4. The van der Waals surface area contributed by atoms with E-state index < -0.39 is 6.36 Å². The van der Waals surface area contributed by atoms with Crippen LogP contribution in [0, 0.1) is 6.92 Å². The molecule has 13 heteroatoms. The van der Waals surface area contributed by atoms with Gasteiger partial charge in [0.25, 0.3) is 5.89 Å². The first-order valence-corrected chi connectivity index (χ1v) is 13.6. The third kappa shape index (κ3) is 6.68. The van der Waals surface area contributed by atoms with E-state index >= 15 is 0 Å². The molecule has 0 amide bonds. The van der Waals surface area contributed by atoms with E-state index in [1.807, 2.05) is 29.9 Å². The number of halogens is 3. The summed E-state index contributed by atoms with van der Waals surface area (Å²) < 4.78 is 54.2. The van der Waals surface area contributed by atoms with E-state index in [1.54, 1.807) is 0 Å². The Balaban J connectivity index is 1.09. The van der Waals surface area contributed by atoms with Gasteiger partial charge in [0.1, 0.15) is 11.6 Å². The molecule has 0 radical (unpaired) electrons. The minimum absolute atomic E-state index is 0.216. The molecule has 41 heavy (non-hydrogen) atoms. The highest BCUT2D eigenvalue weighted by Crippen LogP contribution is 2.27. The minimum Gasteiger partial charge on any atom is -0.406 e. The van der Waals surface area contributed by atoms with E-state index in [0.717, 1.165) is 69.2 Å². The van der Waals surface area contributed by atoms with Gasteiger partial charge in [-0.05, 0) is 67.8 Å². The molecule has 5 heterocycles. The third-order valence-electron chi connectivity index (χ3n) is 7.30. The lowest BCUT2D eigenvalue weighted by Crippen LogP contribution is -2.48. The standard InChI is InChI=1S/C28H30F3N7O3/c1-19-15-24(27-33-26(35-41-27)21-4-6-22(7-5-21)40-28(29,30)31)34-38(19)17-20-8-9-32-25(16-20)37-12-10-36(11-13-37)18-23-3-2-14-39-23/h4-9,15-16,23H,2-3,10-14,17-18H2,1H3. The SMILES string of the molecule is Cc1cc(-c2nc(-c3ccc(OC(F)(F)F)cc3)no2)nn1Cc1ccnc(N2CCN(CC3CCCO3)CC2)c1. The summed E-state index contributed by atoms with van der Waals surface area (Å²) in [5, 5.41) is 8.63. The van der Waals surface area contributed by atoms with Crippen LogP contribution in [0.5, 0.6) is 5.75 Å². The van der Waals surface area contributed by atoms with Crippen LogP contribution in [0.25, 0.3) is 23.0 Å². The van der Waals surface area contributed by atoms with Crippen LogP contribution in [0.3, 0.4) is 0 Å². The molecule has 2 saturated heterocycles. The second-order valence-electron chi connectivity index (χ2n) is 10.3. The van der Waals surface area contributed by atoms with E-state index in [9.17, 15) is 13.2 Å². The molecule has 0 spiro atoms.